The van der Waals surface area contributed by atoms with Gasteiger partial charge in [-0.15, -0.1) is 0 Å². The molecule has 0 radical (unpaired) electrons. The summed E-state index contributed by atoms with van der Waals surface area (Å²) in [5, 5.41) is 14.4. The third kappa shape index (κ3) is 9.38. The van der Waals surface area contributed by atoms with Gasteiger partial charge in [0.1, 0.15) is 5.60 Å². The molecule has 0 bridgehead atoms. The van der Waals surface area contributed by atoms with Crippen LogP contribution in [0.5, 0.6) is 0 Å². The number of nitriles is 1. The molecule has 9 heteroatoms. The van der Waals surface area contributed by atoms with E-state index in [-0.39, 0.29) is 23.4 Å². The molecule has 2 N–H and O–H groups in total. The molecule has 0 spiro atoms. The molecule has 9 nitrogen and oxygen atoms in total. The highest BCUT2D eigenvalue weighted by Gasteiger charge is 2.21. The summed E-state index contributed by atoms with van der Waals surface area (Å²) in [6.45, 7) is 5.10. The molecular formula is C32H29N3O6. The van der Waals surface area contributed by atoms with Crippen molar-refractivity contribution < 1.29 is 28.7 Å². The summed E-state index contributed by atoms with van der Waals surface area (Å²) in [7, 11) is 1.26. The number of nitrogens with one attached hydrogen (secondary N) is 2. The molecule has 208 valence electrons. The van der Waals surface area contributed by atoms with Gasteiger partial charge in [-0.2, -0.15) is 5.26 Å². The molecule has 2 amide bonds. The lowest BCUT2D eigenvalue weighted by molar-refractivity contribution is -0.139. The van der Waals surface area contributed by atoms with Crippen LogP contribution in [0.2, 0.25) is 0 Å². The number of esters is 1. The van der Waals surface area contributed by atoms with Crippen LogP contribution in [0.3, 0.4) is 0 Å². The Morgan fingerprint density at radius 2 is 1.54 bits per heavy atom. The number of carbonyl (C=O) groups excluding carboxylic acids is 4. The van der Waals surface area contributed by atoms with Crippen molar-refractivity contribution >= 4 is 35.1 Å². The number of methoxy groups -OCH3 is 1. The molecular weight excluding hydrogens is 522 g/mol. The van der Waals surface area contributed by atoms with Crippen molar-refractivity contribution in [1.82, 2.24) is 0 Å². The summed E-state index contributed by atoms with van der Waals surface area (Å²) < 4.78 is 10.2. The predicted molar refractivity (Wildman–Crippen MR) is 153 cm³/mol. The molecule has 3 rings (SSSR count). The Labute approximate surface area is 238 Å². The van der Waals surface area contributed by atoms with Crippen molar-refractivity contribution in [2.24, 2.45) is 0 Å². The van der Waals surface area contributed by atoms with Gasteiger partial charge in [0, 0.05) is 16.7 Å². The molecule has 0 aliphatic heterocycles. The number of hydrogen-bond donors (Lipinski definition) is 2. The van der Waals surface area contributed by atoms with E-state index >= 15 is 0 Å². The van der Waals surface area contributed by atoms with E-state index in [0.717, 1.165) is 5.56 Å². The zero-order valence-electron chi connectivity index (χ0n) is 23.2. The standard InChI is InChI=1S/C32H29N3O6/c1-32(2,3)41-31(39)35-27-17-25(18-30(38)40-4)23(14-13-21-9-6-5-7-10-21)16-26(27)34-29(37)19-28(36)24-12-8-11-22(15-24)20-33/h5-12,15-17H,18-19H2,1-4H3,(H,34,37)(H,35,39). The molecule has 0 unspecified atom stereocenters. The zero-order chi connectivity index (χ0) is 30.0. The third-order valence-electron chi connectivity index (χ3n) is 5.47. The van der Waals surface area contributed by atoms with Crippen LogP contribution in [0.1, 0.15) is 59.8 Å². The highest BCUT2D eigenvalue weighted by atomic mass is 16.6. The van der Waals surface area contributed by atoms with Crippen LogP contribution < -0.4 is 10.6 Å². The van der Waals surface area contributed by atoms with Gasteiger partial charge in [0.05, 0.1) is 43.0 Å². The molecule has 0 fully saturated rings. The number of benzene rings is 3. The predicted octanol–water partition coefficient (Wildman–Crippen LogP) is 5.23. The van der Waals surface area contributed by atoms with Gasteiger partial charge in [-0.3, -0.25) is 19.7 Å². The molecule has 3 aromatic rings. The average molecular weight is 552 g/mol. The fraction of sp³-hybridized carbons (Fsp3) is 0.219. The third-order valence-corrected chi connectivity index (χ3v) is 5.47. The second-order valence-corrected chi connectivity index (χ2v) is 9.89. The molecule has 3 aromatic carbocycles. The van der Waals surface area contributed by atoms with Crippen molar-refractivity contribution in [3.63, 3.8) is 0 Å². The second-order valence-electron chi connectivity index (χ2n) is 9.89. The average Bonchev–Trinajstić information content (AvgIpc) is 2.93. The Hall–Kier alpha value is -5.41. The Bertz CT molecular complexity index is 1570. The van der Waals surface area contributed by atoms with Crippen LogP contribution >= 0.6 is 0 Å². The molecule has 0 atom stereocenters. The zero-order valence-corrected chi connectivity index (χ0v) is 23.2. The van der Waals surface area contributed by atoms with E-state index in [0.29, 0.717) is 16.7 Å². The Morgan fingerprint density at radius 1 is 0.854 bits per heavy atom. The van der Waals surface area contributed by atoms with Gasteiger partial charge in [-0.25, -0.2) is 4.79 Å². The van der Waals surface area contributed by atoms with E-state index in [2.05, 4.69) is 22.5 Å². The van der Waals surface area contributed by atoms with E-state index < -0.39 is 35.8 Å². The summed E-state index contributed by atoms with van der Waals surface area (Å²) in [5.41, 5.74) is 1.56. The molecule has 0 saturated heterocycles. The van der Waals surface area contributed by atoms with Crippen LogP contribution in [0.15, 0.2) is 66.7 Å². The lowest BCUT2D eigenvalue weighted by atomic mass is 10.0. The monoisotopic (exact) mass is 551 g/mol. The maximum atomic E-state index is 13.0. The van der Waals surface area contributed by atoms with Gasteiger partial charge < -0.3 is 14.8 Å². The summed E-state index contributed by atoms with van der Waals surface area (Å²) in [4.78, 5) is 50.5. The van der Waals surface area contributed by atoms with Gasteiger partial charge in [-0.05, 0) is 62.7 Å². The van der Waals surface area contributed by atoms with Crippen LogP contribution in [0.25, 0.3) is 0 Å². The minimum Gasteiger partial charge on any atom is -0.469 e. The number of amides is 2. The molecule has 0 aromatic heterocycles. The van der Waals surface area contributed by atoms with E-state index in [1.165, 1.54) is 31.4 Å². The maximum absolute atomic E-state index is 13.0. The largest absolute Gasteiger partial charge is 0.469 e. The summed E-state index contributed by atoms with van der Waals surface area (Å²) in [6.07, 6.45) is -1.46. The van der Waals surface area contributed by atoms with Gasteiger partial charge in [-0.1, -0.05) is 42.2 Å². The normalized spacial score (nSPS) is 10.3. The first kappa shape index (κ1) is 30.1. The van der Waals surface area contributed by atoms with Crippen molar-refractivity contribution in [2.75, 3.05) is 17.7 Å². The van der Waals surface area contributed by atoms with Crippen molar-refractivity contribution in [2.45, 2.75) is 39.2 Å². The number of Topliss-reactive ketones (excluding diaryl/α,β-unsaturated/α-hetero) is 1. The SMILES string of the molecule is COC(=O)Cc1cc(NC(=O)OC(C)(C)C)c(NC(=O)CC(=O)c2cccc(C#N)c2)cc1C#Cc1ccccc1. The minimum atomic E-state index is -0.798. The molecule has 0 saturated carbocycles. The number of ketones is 1. The second kappa shape index (κ2) is 13.6. The summed E-state index contributed by atoms with van der Waals surface area (Å²) in [5.74, 6) is 4.36. The topological polar surface area (TPSA) is 135 Å². The van der Waals surface area contributed by atoms with Crippen LogP contribution in [-0.2, 0) is 25.5 Å². The number of ether oxygens (including phenoxy) is 2. The Morgan fingerprint density at radius 3 is 2.20 bits per heavy atom. The van der Waals surface area contributed by atoms with E-state index in [1.807, 2.05) is 36.4 Å². The van der Waals surface area contributed by atoms with Gasteiger partial charge in [0.25, 0.3) is 0 Å². The van der Waals surface area contributed by atoms with E-state index in [9.17, 15) is 19.2 Å². The number of carbonyl (C=O) groups is 4. The molecule has 0 aliphatic rings. The van der Waals surface area contributed by atoms with Crippen molar-refractivity contribution in [3.05, 3.63) is 94.5 Å². The van der Waals surface area contributed by atoms with Gasteiger partial charge in [0.2, 0.25) is 5.91 Å². The quantitative estimate of drug-likeness (QED) is 0.178. The van der Waals surface area contributed by atoms with Crippen LogP contribution in [0.4, 0.5) is 16.2 Å². The number of anilines is 2. The van der Waals surface area contributed by atoms with Gasteiger partial charge in [0.15, 0.2) is 5.78 Å². The first-order valence-corrected chi connectivity index (χ1v) is 12.6. The maximum Gasteiger partial charge on any atom is 0.412 e. The lowest BCUT2D eigenvalue weighted by Gasteiger charge is -2.21. The minimum absolute atomic E-state index is 0.135. The highest BCUT2D eigenvalue weighted by Crippen LogP contribution is 2.28. The fourth-order valence-electron chi connectivity index (χ4n) is 3.62. The summed E-state index contributed by atoms with van der Waals surface area (Å²) >= 11 is 0. The Kier molecular flexibility index (Phi) is 9.99. The molecule has 0 aliphatic carbocycles. The highest BCUT2D eigenvalue weighted by molar-refractivity contribution is 6.12. The lowest BCUT2D eigenvalue weighted by Crippen LogP contribution is -2.28. The number of rotatable bonds is 7. The smallest absolute Gasteiger partial charge is 0.412 e. The fourth-order valence-corrected chi connectivity index (χ4v) is 3.62. The summed E-state index contributed by atoms with van der Waals surface area (Å²) in [6, 6.07) is 20.2. The van der Waals surface area contributed by atoms with Gasteiger partial charge >= 0.3 is 12.1 Å². The van der Waals surface area contributed by atoms with Crippen molar-refractivity contribution in [3.8, 4) is 17.9 Å². The Balaban J connectivity index is 2.01. The van der Waals surface area contributed by atoms with Crippen LogP contribution in [-0.4, -0.2) is 36.5 Å². The first-order chi connectivity index (χ1) is 19.5. The van der Waals surface area contributed by atoms with Crippen molar-refractivity contribution in [1.29, 1.82) is 5.26 Å². The molecule has 41 heavy (non-hydrogen) atoms. The number of nitrogens with zero attached hydrogens (tertiary/aromatic N) is 1. The molecule has 0 heterocycles. The van der Waals surface area contributed by atoms with E-state index in [1.54, 1.807) is 32.9 Å². The first-order valence-electron chi connectivity index (χ1n) is 12.6. The van der Waals surface area contributed by atoms with Crippen LogP contribution in [0, 0.1) is 23.2 Å². The van der Waals surface area contributed by atoms with E-state index in [4.69, 9.17) is 14.7 Å². The number of hydrogen-bond acceptors (Lipinski definition) is 7.